The van der Waals surface area contributed by atoms with Gasteiger partial charge in [0, 0.05) is 29.9 Å². The number of unbranched alkanes of at least 4 members (excludes halogenated alkanes) is 1. The van der Waals surface area contributed by atoms with Crippen LogP contribution < -0.4 is 4.90 Å². The molecule has 0 N–H and O–H groups in total. The SMILES string of the molecule is CCCCN1C(=NC2CCCCC2)SCC1N(C(C)=O)c1ccc(Cl)cc1. The van der Waals surface area contributed by atoms with Crippen LogP contribution in [-0.4, -0.2) is 40.5 Å². The number of amidine groups is 1. The molecule has 3 rings (SSSR count). The van der Waals surface area contributed by atoms with Gasteiger partial charge in [-0.15, -0.1) is 0 Å². The number of carbonyl (C=O) groups excluding carboxylic acids is 1. The lowest BCUT2D eigenvalue weighted by Crippen LogP contribution is -2.50. The first-order chi connectivity index (χ1) is 13.1. The van der Waals surface area contributed by atoms with E-state index in [0.717, 1.165) is 36.0 Å². The van der Waals surface area contributed by atoms with Gasteiger partial charge < -0.3 is 4.90 Å². The van der Waals surface area contributed by atoms with Gasteiger partial charge in [-0.3, -0.25) is 14.7 Å². The van der Waals surface area contributed by atoms with Crippen LogP contribution in [0.4, 0.5) is 5.69 Å². The molecule has 0 spiro atoms. The number of amides is 1. The molecule has 2 fully saturated rings. The summed E-state index contributed by atoms with van der Waals surface area (Å²) >= 11 is 7.85. The van der Waals surface area contributed by atoms with Crippen molar-refractivity contribution >= 4 is 40.1 Å². The van der Waals surface area contributed by atoms with Gasteiger partial charge in [0.15, 0.2) is 5.17 Å². The number of carbonyl (C=O) groups is 1. The van der Waals surface area contributed by atoms with Crippen molar-refractivity contribution in [2.24, 2.45) is 4.99 Å². The number of thioether (sulfide) groups is 1. The van der Waals surface area contributed by atoms with Crippen LogP contribution in [0.1, 0.15) is 58.8 Å². The summed E-state index contributed by atoms with van der Waals surface area (Å²) < 4.78 is 0. The summed E-state index contributed by atoms with van der Waals surface area (Å²) in [5, 5.41) is 1.81. The van der Waals surface area contributed by atoms with Crippen molar-refractivity contribution in [3.05, 3.63) is 29.3 Å². The van der Waals surface area contributed by atoms with Gasteiger partial charge in [0.25, 0.3) is 0 Å². The summed E-state index contributed by atoms with van der Waals surface area (Å²) in [6, 6.07) is 8.01. The third-order valence-corrected chi connectivity index (χ3v) is 6.64. The lowest BCUT2D eigenvalue weighted by atomic mass is 9.96. The molecule has 0 radical (unpaired) electrons. The van der Waals surface area contributed by atoms with E-state index in [0.29, 0.717) is 11.1 Å². The smallest absolute Gasteiger partial charge is 0.225 e. The Morgan fingerprint density at radius 2 is 1.96 bits per heavy atom. The van der Waals surface area contributed by atoms with E-state index in [-0.39, 0.29) is 12.1 Å². The van der Waals surface area contributed by atoms with E-state index in [2.05, 4.69) is 11.8 Å². The molecule has 2 aliphatic rings. The second kappa shape index (κ2) is 9.83. The summed E-state index contributed by atoms with van der Waals surface area (Å²) in [5.41, 5.74) is 0.901. The van der Waals surface area contributed by atoms with Crippen LogP contribution >= 0.6 is 23.4 Å². The number of hydrogen-bond acceptors (Lipinski definition) is 3. The molecule has 1 atom stereocenters. The van der Waals surface area contributed by atoms with Gasteiger partial charge in [0.05, 0.1) is 6.04 Å². The minimum absolute atomic E-state index is 0.0163. The summed E-state index contributed by atoms with van der Waals surface area (Å²) in [6.45, 7) is 4.79. The summed E-state index contributed by atoms with van der Waals surface area (Å²) in [5.74, 6) is 0.917. The molecular formula is C21H30ClN3OS. The molecule has 1 heterocycles. The molecule has 148 valence electrons. The predicted molar refractivity (Wildman–Crippen MR) is 117 cm³/mol. The molecule has 4 nitrogen and oxygen atoms in total. The van der Waals surface area contributed by atoms with Crippen molar-refractivity contribution in [2.75, 3.05) is 17.2 Å². The van der Waals surface area contributed by atoms with Crippen LogP contribution in [0.5, 0.6) is 0 Å². The topological polar surface area (TPSA) is 35.9 Å². The zero-order valence-electron chi connectivity index (χ0n) is 16.4. The first-order valence-corrected chi connectivity index (χ1v) is 11.5. The third-order valence-electron chi connectivity index (χ3n) is 5.33. The molecule has 6 heteroatoms. The van der Waals surface area contributed by atoms with Crippen molar-refractivity contribution in [3.8, 4) is 0 Å². The molecule has 1 aromatic rings. The number of aliphatic imine (C=N–C) groups is 1. The monoisotopic (exact) mass is 407 g/mol. The molecule has 1 aliphatic carbocycles. The first kappa shape index (κ1) is 20.5. The molecule has 1 saturated heterocycles. The van der Waals surface area contributed by atoms with Crippen LogP contribution in [0.3, 0.4) is 0 Å². The van der Waals surface area contributed by atoms with Gasteiger partial charge in [-0.05, 0) is 43.5 Å². The van der Waals surface area contributed by atoms with E-state index in [1.54, 1.807) is 18.7 Å². The molecule has 0 bridgehead atoms. The Hall–Kier alpha value is -1.20. The predicted octanol–water partition coefficient (Wildman–Crippen LogP) is 5.56. The maximum absolute atomic E-state index is 12.5. The van der Waals surface area contributed by atoms with Gasteiger partial charge in [-0.2, -0.15) is 0 Å². The normalized spacial score (nSPS) is 22.4. The van der Waals surface area contributed by atoms with Crippen LogP contribution in [0.25, 0.3) is 0 Å². The average Bonchev–Trinajstić information content (AvgIpc) is 3.04. The van der Waals surface area contributed by atoms with Gasteiger partial charge in [0.1, 0.15) is 6.17 Å². The second-order valence-corrected chi connectivity index (χ2v) is 8.83. The van der Waals surface area contributed by atoms with Crippen LogP contribution in [0.2, 0.25) is 5.02 Å². The maximum atomic E-state index is 12.5. The van der Waals surface area contributed by atoms with E-state index in [1.807, 2.05) is 29.2 Å². The molecule has 27 heavy (non-hydrogen) atoms. The minimum atomic E-state index is 0.0163. The Morgan fingerprint density at radius 1 is 1.26 bits per heavy atom. The Morgan fingerprint density at radius 3 is 2.59 bits per heavy atom. The lowest BCUT2D eigenvalue weighted by molar-refractivity contribution is -0.117. The fraction of sp³-hybridized carbons (Fsp3) is 0.619. The Labute approximate surface area is 172 Å². The number of halogens is 1. The summed E-state index contributed by atoms with van der Waals surface area (Å²) in [7, 11) is 0. The van der Waals surface area contributed by atoms with Crippen molar-refractivity contribution in [3.63, 3.8) is 0 Å². The van der Waals surface area contributed by atoms with Gasteiger partial charge in [0.2, 0.25) is 5.91 Å². The van der Waals surface area contributed by atoms with Crippen LogP contribution in [-0.2, 0) is 4.79 Å². The Bertz CT molecular complexity index is 658. The highest BCUT2D eigenvalue weighted by Gasteiger charge is 2.36. The largest absolute Gasteiger partial charge is 0.330 e. The molecule has 1 amide bonds. The Balaban J connectivity index is 1.85. The molecule has 0 aromatic heterocycles. The number of benzene rings is 1. The number of hydrogen-bond donors (Lipinski definition) is 0. The van der Waals surface area contributed by atoms with Crippen molar-refractivity contribution in [1.29, 1.82) is 0 Å². The maximum Gasteiger partial charge on any atom is 0.225 e. The standard InChI is InChI=1S/C21H30ClN3OS/c1-3-4-14-24-20(15-27-21(24)23-18-8-6-5-7-9-18)25(16(2)26)19-12-10-17(22)11-13-19/h10-13,18,20H,3-9,14-15H2,1-2H3. The molecule has 1 saturated carbocycles. The van der Waals surface area contributed by atoms with Gasteiger partial charge in [-0.1, -0.05) is 56.0 Å². The first-order valence-electron chi connectivity index (χ1n) is 10.1. The second-order valence-electron chi connectivity index (χ2n) is 7.41. The van der Waals surface area contributed by atoms with Crippen LogP contribution in [0.15, 0.2) is 29.3 Å². The molecule has 1 unspecified atom stereocenters. The van der Waals surface area contributed by atoms with Gasteiger partial charge >= 0.3 is 0 Å². The number of nitrogens with zero attached hydrogens (tertiary/aromatic N) is 3. The quantitative estimate of drug-likeness (QED) is 0.619. The van der Waals surface area contributed by atoms with E-state index in [1.165, 1.54) is 32.1 Å². The van der Waals surface area contributed by atoms with Crippen molar-refractivity contribution in [2.45, 2.75) is 71.0 Å². The van der Waals surface area contributed by atoms with E-state index in [4.69, 9.17) is 16.6 Å². The Kier molecular flexibility index (Phi) is 7.48. The van der Waals surface area contributed by atoms with Crippen molar-refractivity contribution in [1.82, 2.24) is 4.90 Å². The zero-order valence-corrected chi connectivity index (χ0v) is 17.9. The zero-order chi connectivity index (χ0) is 19.2. The fourth-order valence-corrected chi connectivity index (χ4v) is 5.24. The highest BCUT2D eigenvalue weighted by molar-refractivity contribution is 8.14. The minimum Gasteiger partial charge on any atom is -0.330 e. The number of rotatable bonds is 6. The average molecular weight is 408 g/mol. The third kappa shape index (κ3) is 5.20. The van der Waals surface area contributed by atoms with E-state index in [9.17, 15) is 4.79 Å². The fourth-order valence-electron chi connectivity index (χ4n) is 3.88. The number of anilines is 1. The highest BCUT2D eigenvalue weighted by atomic mass is 35.5. The van der Waals surface area contributed by atoms with Crippen LogP contribution in [0, 0.1) is 0 Å². The summed E-state index contributed by atoms with van der Waals surface area (Å²) in [4.78, 5) is 21.9. The van der Waals surface area contributed by atoms with E-state index < -0.39 is 0 Å². The lowest BCUT2D eigenvalue weighted by Gasteiger charge is -2.35. The van der Waals surface area contributed by atoms with Gasteiger partial charge in [-0.25, -0.2) is 0 Å². The molecule has 1 aromatic carbocycles. The molecular weight excluding hydrogens is 378 g/mol. The summed E-state index contributed by atoms with van der Waals surface area (Å²) in [6.07, 6.45) is 8.56. The van der Waals surface area contributed by atoms with Crippen molar-refractivity contribution < 1.29 is 4.79 Å². The highest BCUT2D eigenvalue weighted by Crippen LogP contribution is 2.32. The molecule has 1 aliphatic heterocycles. The van der Waals surface area contributed by atoms with E-state index >= 15 is 0 Å².